The Morgan fingerprint density at radius 2 is 2.14 bits per heavy atom. The molecule has 0 N–H and O–H groups in total. The van der Waals surface area contributed by atoms with Crippen LogP contribution < -0.4 is 9.04 Å². The lowest BCUT2D eigenvalue weighted by Gasteiger charge is -2.30. The van der Waals surface area contributed by atoms with Gasteiger partial charge in [-0.15, -0.1) is 0 Å². The van der Waals surface area contributed by atoms with Crippen LogP contribution in [0.2, 0.25) is 0 Å². The van der Waals surface area contributed by atoms with Crippen molar-refractivity contribution in [1.29, 1.82) is 0 Å². The molecule has 8 nitrogen and oxygen atoms in total. The van der Waals surface area contributed by atoms with Crippen molar-refractivity contribution in [2.24, 2.45) is 0 Å². The highest BCUT2D eigenvalue weighted by atomic mass is 32.2. The van der Waals surface area contributed by atoms with Crippen LogP contribution in [0.1, 0.15) is 0 Å². The molecule has 0 spiro atoms. The number of rotatable bonds is 5. The van der Waals surface area contributed by atoms with Gasteiger partial charge in [0.1, 0.15) is 6.54 Å². The number of ether oxygens (including phenoxy) is 2. The second-order valence-corrected chi connectivity index (χ2v) is 6.73. The summed E-state index contributed by atoms with van der Waals surface area (Å²) in [5.74, 6) is 0.0227. The first-order chi connectivity index (χ1) is 10.4. The predicted octanol–water partition coefficient (Wildman–Crippen LogP) is -0.285. The lowest BCUT2D eigenvalue weighted by molar-refractivity contribution is -0.133. The summed E-state index contributed by atoms with van der Waals surface area (Å²) in [6.45, 7) is 1.61. The van der Waals surface area contributed by atoms with Gasteiger partial charge in [-0.3, -0.25) is 9.10 Å². The van der Waals surface area contributed by atoms with Gasteiger partial charge < -0.3 is 14.4 Å². The van der Waals surface area contributed by atoms with Crippen molar-refractivity contribution < 1.29 is 22.7 Å². The van der Waals surface area contributed by atoms with E-state index in [0.717, 1.165) is 10.6 Å². The van der Waals surface area contributed by atoms with Crippen molar-refractivity contribution in [3.8, 4) is 5.88 Å². The van der Waals surface area contributed by atoms with E-state index in [-0.39, 0.29) is 18.3 Å². The number of morpholine rings is 1. The average Bonchev–Trinajstić information content (AvgIpc) is 2.52. The quantitative estimate of drug-likeness (QED) is 0.738. The van der Waals surface area contributed by atoms with Crippen molar-refractivity contribution in [2.75, 3.05) is 50.5 Å². The zero-order valence-corrected chi connectivity index (χ0v) is 13.4. The first kappa shape index (κ1) is 16.5. The van der Waals surface area contributed by atoms with Crippen LogP contribution in [0.25, 0.3) is 0 Å². The Morgan fingerprint density at radius 3 is 2.73 bits per heavy atom. The second-order valence-electron chi connectivity index (χ2n) is 4.82. The summed E-state index contributed by atoms with van der Waals surface area (Å²) in [5, 5.41) is 0. The maximum Gasteiger partial charge on any atom is 0.243 e. The fourth-order valence-corrected chi connectivity index (χ4v) is 2.94. The predicted molar refractivity (Wildman–Crippen MR) is 80.4 cm³/mol. The van der Waals surface area contributed by atoms with E-state index in [1.54, 1.807) is 4.90 Å². The molecule has 1 fully saturated rings. The number of carbonyl (C=O) groups is 1. The van der Waals surface area contributed by atoms with Gasteiger partial charge in [0.2, 0.25) is 21.8 Å². The summed E-state index contributed by atoms with van der Waals surface area (Å²) >= 11 is 0. The third kappa shape index (κ3) is 4.08. The standard InChI is InChI=1S/C13H19N3O5S/c1-20-12-9-11(3-4-14-12)16(22(2,18)19)10-13(17)15-5-7-21-8-6-15/h3-4,9H,5-8,10H2,1-2H3. The fourth-order valence-electron chi connectivity index (χ4n) is 2.10. The minimum Gasteiger partial charge on any atom is -0.481 e. The SMILES string of the molecule is COc1cc(N(CC(=O)N2CCOCC2)S(C)(=O)=O)ccn1. The van der Waals surface area contributed by atoms with Crippen molar-refractivity contribution in [1.82, 2.24) is 9.88 Å². The van der Waals surface area contributed by atoms with Crippen LogP contribution in [0, 0.1) is 0 Å². The van der Waals surface area contributed by atoms with E-state index in [9.17, 15) is 13.2 Å². The summed E-state index contributed by atoms with van der Waals surface area (Å²) in [5.41, 5.74) is 0.343. The molecular formula is C13H19N3O5S. The van der Waals surface area contributed by atoms with E-state index in [1.807, 2.05) is 0 Å². The molecule has 22 heavy (non-hydrogen) atoms. The monoisotopic (exact) mass is 329 g/mol. The lowest BCUT2D eigenvalue weighted by atomic mass is 10.3. The van der Waals surface area contributed by atoms with Crippen LogP contribution in [-0.4, -0.2) is 70.4 Å². The van der Waals surface area contributed by atoms with Crippen LogP contribution in [0.15, 0.2) is 18.3 Å². The van der Waals surface area contributed by atoms with Crippen molar-refractivity contribution in [3.05, 3.63) is 18.3 Å². The molecule has 1 aliphatic heterocycles. The Hall–Kier alpha value is -1.87. The number of hydrogen-bond acceptors (Lipinski definition) is 6. The van der Waals surface area contributed by atoms with E-state index in [0.29, 0.717) is 32.0 Å². The molecule has 1 aromatic heterocycles. The third-order valence-electron chi connectivity index (χ3n) is 3.26. The van der Waals surface area contributed by atoms with Gasteiger partial charge >= 0.3 is 0 Å². The van der Waals surface area contributed by atoms with Crippen LogP contribution in [0.3, 0.4) is 0 Å². The van der Waals surface area contributed by atoms with Crippen molar-refractivity contribution >= 4 is 21.6 Å². The van der Waals surface area contributed by atoms with Gasteiger partial charge in [-0.05, 0) is 6.07 Å². The second kappa shape index (κ2) is 6.93. The van der Waals surface area contributed by atoms with Gasteiger partial charge in [-0.25, -0.2) is 13.4 Å². The van der Waals surface area contributed by atoms with Crippen molar-refractivity contribution in [3.63, 3.8) is 0 Å². The summed E-state index contributed by atoms with van der Waals surface area (Å²) in [4.78, 5) is 17.8. The maximum absolute atomic E-state index is 12.3. The number of anilines is 1. The Bertz CT molecular complexity index is 628. The summed E-state index contributed by atoms with van der Waals surface area (Å²) in [6.07, 6.45) is 2.50. The molecule has 0 radical (unpaired) electrons. The number of carbonyl (C=O) groups excluding carboxylic acids is 1. The highest BCUT2D eigenvalue weighted by Gasteiger charge is 2.25. The molecule has 9 heteroatoms. The molecule has 2 heterocycles. The topological polar surface area (TPSA) is 89.0 Å². The van der Waals surface area contributed by atoms with Crippen LogP contribution in [-0.2, 0) is 19.6 Å². The minimum absolute atomic E-state index is 0.258. The van der Waals surface area contributed by atoms with Crippen LogP contribution in [0.4, 0.5) is 5.69 Å². The number of methoxy groups -OCH3 is 1. The molecule has 1 aromatic rings. The van der Waals surface area contributed by atoms with E-state index >= 15 is 0 Å². The van der Waals surface area contributed by atoms with Gasteiger partial charge in [0.15, 0.2) is 0 Å². The highest BCUT2D eigenvalue weighted by Crippen LogP contribution is 2.21. The largest absolute Gasteiger partial charge is 0.481 e. The maximum atomic E-state index is 12.3. The molecule has 0 atom stereocenters. The molecule has 0 unspecified atom stereocenters. The zero-order chi connectivity index (χ0) is 16.2. The van der Waals surface area contributed by atoms with E-state index in [4.69, 9.17) is 9.47 Å². The first-order valence-corrected chi connectivity index (χ1v) is 8.60. The van der Waals surface area contributed by atoms with E-state index in [2.05, 4.69) is 4.98 Å². The highest BCUT2D eigenvalue weighted by molar-refractivity contribution is 7.92. The van der Waals surface area contributed by atoms with E-state index < -0.39 is 10.0 Å². The van der Waals surface area contributed by atoms with Gasteiger partial charge in [0.25, 0.3) is 0 Å². The van der Waals surface area contributed by atoms with Gasteiger partial charge in [-0.1, -0.05) is 0 Å². The van der Waals surface area contributed by atoms with Gasteiger partial charge in [0, 0.05) is 25.4 Å². The number of nitrogens with zero attached hydrogens (tertiary/aromatic N) is 3. The Balaban J connectivity index is 2.21. The molecule has 1 amide bonds. The summed E-state index contributed by atoms with van der Waals surface area (Å²) < 4.78 is 35.3. The van der Waals surface area contributed by atoms with Crippen molar-refractivity contribution in [2.45, 2.75) is 0 Å². The first-order valence-electron chi connectivity index (χ1n) is 6.75. The Labute approximate surface area is 129 Å². The number of aromatic nitrogens is 1. The fraction of sp³-hybridized carbons (Fsp3) is 0.538. The number of amides is 1. The Kier molecular flexibility index (Phi) is 5.19. The molecule has 0 saturated carbocycles. The number of sulfonamides is 1. The van der Waals surface area contributed by atoms with Gasteiger partial charge in [0.05, 0.1) is 32.3 Å². The molecular weight excluding hydrogens is 310 g/mol. The molecule has 2 rings (SSSR count). The average molecular weight is 329 g/mol. The van der Waals surface area contributed by atoms with Crippen LogP contribution >= 0.6 is 0 Å². The molecule has 0 aromatic carbocycles. The number of hydrogen-bond donors (Lipinski definition) is 0. The lowest BCUT2D eigenvalue weighted by Crippen LogP contribution is -2.47. The minimum atomic E-state index is -3.61. The third-order valence-corrected chi connectivity index (χ3v) is 4.40. The molecule has 0 bridgehead atoms. The van der Waals surface area contributed by atoms with Gasteiger partial charge in [-0.2, -0.15) is 0 Å². The molecule has 1 saturated heterocycles. The number of pyridine rings is 1. The normalized spacial score (nSPS) is 15.5. The van der Waals surface area contributed by atoms with E-state index in [1.165, 1.54) is 25.4 Å². The zero-order valence-electron chi connectivity index (χ0n) is 12.6. The molecule has 1 aliphatic rings. The van der Waals surface area contributed by atoms with Crippen LogP contribution in [0.5, 0.6) is 5.88 Å². The molecule has 0 aliphatic carbocycles. The molecule has 122 valence electrons. The summed E-state index contributed by atoms with van der Waals surface area (Å²) in [6, 6.07) is 3.00. The summed E-state index contributed by atoms with van der Waals surface area (Å²) in [7, 11) is -2.17. The smallest absolute Gasteiger partial charge is 0.243 e. The Morgan fingerprint density at radius 1 is 1.45 bits per heavy atom.